The molecule has 1 heterocycles. The molecule has 96 valence electrons. The van der Waals surface area contributed by atoms with Crippen molar-refractivity contribution >= 4 is 17.1 Å². The Balaban J connectivity index is 3.04. The molecule has 0 fully saturated rings. The fraction of sp³-hybridized carbons (Fsp3) is 0.643. The number of nitrogens with zero attached hydrogens (tertiary/aromatic N) is 1. The molecule has 0 N–H and O–H groups in total. The van der Waals surface area contributed by atoms with E-state index in [1.807, 2.05) is 19.1 Å². The Bertz CT molecular complexity index is 381. The van der Waals surface area contributed by atoms with Crippen LogP contribution in [0.4, 0.5) is 0 Å². The number of aryl methyl sites for hydroxylation is 1. The van der Waals surface area contributed by atoms with Gasteiger partial charge in [-0.15, -0.1) is 11.3 Å². The summed E-state index contributed by atoms with van der Waals surface area (Å²) in [7, 11) is 0. The molecule has 0 aromatic carbocycles. The predicted octanol–water partition coefficient (Wildman–Crippen LogP) is 3.75. The topological polar surface area (TPSA) is 20.3 Å². The zero-order chi connectivity index (χ0) is 13.1. The van der Waals surface area contributed by atoms with Gasteiger partial charge in [-0.3, -0.25) is 9.69 Å². The van der Waals surface area contributed by atoms with E-state index >= 15 is 0 Å². The van der Waals surface area contributed by atoms with E-state index in [2.05, 4.69) is 32.6 Å². The number of likely N-dealkylation sites (N-methyl/N-ethyl adjacent to an activating group) is 1. The Kier molecular flexibility index (Phi) is 4.90. The Morgan fingerprint density at radius 3 is 2.24 bits per heavy atom. The maximum Gasteiger partial charge on any atom is 0.192 e. The summed E-state index contributed by atoms with van der Waals surface area (Å²) in [5.41, 5.74) is -0.360. The molecular weight excluding hydrogens is 230 g/mol. The van der Waals surface area contributed by atoms with Crippen molar-refractivity contribution in [1.29, 1.82) is 0 Å². The highest BCUT2D eigenvalue weighted by atomic mass is 32.1. The Morgan fingerprint density at radius 1 is 1.29 bits per heavy atom. The van der Waals surface area contributed by atoms with Crippen LogP contribution in [0.3, 0.4) is 0 Å². The first kappa shape index (κ1) is 14.4. The minimum absolute atomic E-state index is 0.266. The first-order chi connectivity index (χ1) is 7.99. The molecule has 0 aliphatic carbocycles. The molecular formula is C14H23NOS. The Labute approximate surface area is 109 Å². The van der Waals surface area contributed by atoms with Gasteiger partial charge in [0.2, 0.25) is 0 Å². The molecule has 0 saturated heterocycles. The van der Waals surface area contributed by atoms with Crippen molar-refractivity contribution in [3.63, 3.8) is 0 Å². The molecule has 0 amide bonds. The second kappa shape index (κ2) is 5.78. The lowest BCUT2D eigenvalue weighted by molar-refractivity contribution is 0.0612. The molecule has 17 heavy (non-hydrogen) atoms. The van der Waals surface area contributed by atoms with Gasteiger partial charge in [-0.05, 0) is 45.5 Å². The fourth-order valence-corrected chi connectivity index (χ4v) is 3.20. The maximum absolute atomic E-state index is 12.6. The van der Waals surface area contributed by atoms with Gasteiger partial charge >= 0.3 is 0 Å². The molecule has 0 radical (unpaired) electrons. The molecule has 1 unspecified atom stereocenters. The van der Waals surface area contributed by atoms with Gasteiger partial charge in [-0.2, -0.15) is 0 Å². The van der Waals surface area contributed by atoms with Crippen LogP contribution in [-0.2, 0) is 0 Å². The largest absolute Gasteiger partial charge is 0.292 e. The number of rotatable bonds is 6. The van der Waals surface area contributed by atoms with Gasteiger partial charge in [0.1, 0.15) is 0 Å². The average molecular weight is 253 g/mol. The molecule has 3 heteroatoms. The van der Waals surface area contributed by atoms with Crippen molar-refractivity contribution in [3.8, 4) is 0 Å². The standard InChI is InChI=1S/C14H23NOS/c1-6-14(5,15(7-2)8-3)13(16)12-10-9-11(4)17-12/h9-10H,6-8H2,1-5H3. The first-order valence-electron chi connectivity index (χ1n) is 6.35. The third-order valence-corrected chi connectivity index (χ3v) is 4.60. The van der Waals surface area contributed by atoms with Gasteiger partial charge < -0.3 is 0 Å². The zero-order valence-electron chi connectivity index (χ0n) is 11.5. The van der Waals surface area contributed by atoms with Crippen molar-refractivity contribution in [1.82, 2.24) is 4.90 Å². The van der Waals surface area contributed by atoms with Crippen LogP contribution in [0.25, 0.3) is 0 Å². The van der Waals surface area contributed by atoms with E-state index in [0.29, 0.717) is 0 Å². The molecule has 1 aromatic heterocycles. The molecule has 0 aliphatic rings. The summed E-state index contributed by atoms with van der Waals surface area (Å²) in [6, 6.07) is 3.98. The minimum Gasteiger partial charge on any atom is -0.292 e. The summed E-state index contributed by atoms with van der Waals surface area (Å²) in [5, 5.41) is 0. The Morgan fingerprint density at radius 2 is 1.88 bits per heavy atom. The number of Topliss-reactive ketones (excluding diaryl/α,β-unsaturated/α-hetero) is 1. The third kappa shape index (κ3) is 2.78. The molecule has 0 spiro atoms. The van der Waals surface area contributed by atoms with E-state index in [1.54, 1.807) is 11.3 Å². The van der Waals surface area contributed by atoms with E-state index in [4.69, 9.17) is 0 Å². The van der Waals surface area contributed by atoms with Gasteiger partial charge in [-0.25, -0.2) is 0 Å². The smallest absolute Gasteiger partial charge is 0.192 e. The predicted molar refractivity (Wildman–Crippen MR) is 75.0 cm³/mol. The van der Waals surface area contributed by atoms with Crippen LogP contribution in [-0.4, -0.2) is 29.3 Å². The number of carbonyl (C=O) groups excluding carboxylic acids is 1. The fourth-order valence-electron chi connectivity index (χ4n) is 2.27. The average Bonchev–Trinajstić information content (AvgIpc) is 2.76. The van der Waals surface area contributed by atoms with E-state index in [9.17, 15) is 4.79 Å². The highest BCUT2D eigenvalue weighted by molar-refractivity contribution is 7.14. The van der Waals surface area contributed by atoms with Crippen LogP contribution in [0.1, 0.15) is 48.7 Å². The lowest BCUT2D eigenvalue weighted by atomic mass is 9.90. The zero-order valence-corrected chi connectivity index (χ0v) is 12.4. The number of carbonyl (C=O) groups is 1. The quantitative estimate of drug-likeness (QED) is 0.720. The third-order valence-electron chi connectivity index (χ3n) is 3.60. The molecule has 2 nitrogen and oxygen atoms in total. The molecule has 0 saturated carbocycles. The second-order valence-corrected chi connectivity index (χ2v) is 5.83. The van der Waals surface area contributed by atoms with Crippen molar-refractivity contribution in [2.24, 2.45) is 0 Å². The lowest BCUT2D eigenvalue weighted by Crippen LogP contribution is -2.51. The van der Waals surface area contributed by atoms with E-state index < -0.39 is 0 Å². The lowest BCUT2D eigenvalue weighted by Gasteiger charge is -2.38. The first-order valence-corrected chi connectivity index (χ1v) is 7.17. The highest BCUT2D eigenvalue weighted by Crippen LogP contribution is 2.27. The van der Waals surface area contributed by atoms with Gasteiger partial charge in [0.15, 0.2) is 5.78 Å². The van der Waals surface area contributed by atoms with Crippen LogP contribution < -0.4 is 0 Å². The summed E-state index contributed by atoms with van der Waals surface area (Å²) in [6.45, 7) is 12.3. The molecule has 1 atom stereocenters. The number of hydrogen-bond acceptors (Lipinski definition) is 3. The maximum atomic E-state index is 12.6. The van der Waals surface area contributed by atoms with Crippen molar-refractivity contribution in [2.75, 3.05) is 13.1 Å². The van der Waals surface area contributed by atoms with Crippen molar-refractivity contribution in [2.45, 2.75) is 46.6 Å². The number of hydrogen-bond donors (Lipinski definition) is 0. The number of ketones is 1. The molecule has 1 aromatic rings. The van der Waals surface area contributed by atoms with E-state index in [0.717, 1.165) is 24.4 Å². The summed E-state index contributed by atoms with van der Waals surface area (Å²) in [6.07, 6.45) is 0.852. The van der Waals surface area contributed by atoms with Gasteiger partial charge in [-0.1, -0.05) is 20.8 Å². The normalized spacial score (nSPS) is 14.9. The van der Waals surface area contributed by atoms with Crippen LogP contribution in [0.15, 0.2) is 12.1 Å². The summed E-state index contributed by atoms with van der Waals surface area (Å²) in [4.78, 5) is 17.0. The SMILES string of the molecule is CCN(CC)C(C)(CC)C(=O)c1ccc(C)s1. The summed E-state index contributed by atoms with van der Waals surface area (Å²) in [5.74, 6) is 0.266. The molecule has 0 bridgehead atoms. The molecule has 0 aliphatic heterocycles. The summed E-state index contributed by atoms with van der Waals surface area (Å²) >= 11 is 1.60. The summed E-state index contributed by atoms with van der Waals surface area (Å²) < 4.78 is 0. The van der Waals surface area contributed by atoms with Crippen molar-refractivity contribution in [3.05, 3.63) is 21.9 Å². The minimum atomic E-state index is -0.360. The van der Waals surface area contributed by atoms with E-state index in [-0.39, 0.29) is 11.3 Å². The monoisotopic (exact) mass is 253 g/mol. The second-order valence-electron chi connectivity index (χ2n) is 4.54. The van der Waals surface area contributed by atoms with Gasteiger partial charge in [0.05, 0.1) is 10.4 Å². The number of thiophene rings is 1. The van der Waals surface area contributed by atoms with Crippen LogP contribution in [0.5, 0.6) is 0 Å². The van der Waals surface area contributed by atoms with Crippen LogP contribution in [0, 0.1) is 6.92 Å². The van der Waals surface area contributed by atoms with Crippen molar-refractivity contribution < 1.29 is 4.79 Å². The van der Waals surface area contributed by atoms with Crippen LogP contribution >= 0.6 is 11.3 Å². The highest BCUT2D eigenvalue weighted by Gasteiger charge is 2.37. The van der Waals surface area contributed by atoms with Gasteiger partial charge in [0.25, 0.3) is 0 Å². The van der Waals surface area contributed by atoms with Gasteiger partial charge in [0, 0.05) is 4.88 Å². The molecule has 1 rings (SSSR count). The van der Waals surface area contributed by atoms with Crippen LogP contribution in [0.2, 0.25) is 0 Å². The van der Waals surface area contributed by atoms with E-state index in [1.165, 1.54) is 4.88 Å². The Hall–Kier alpha value is -0.670.